The van der Waals surface area contributed by atoms with E-state index in [0.29, 0.717) is 5.75 Å². The molecule has 0 aromatic rings. The van der Waals surface area contributed by atoms with Crippen LogP contribution >= 0.6 is 11.8 Å². The minimum Gasteiger partial charge on any atom is -0.480 e. The van der Waals surface area contributed by atoms with Crippen LogP contribution in [0.1, 0.15) is 6.92 Å². The van der Waals surface area contributed by atoms with E-state index in [4.69, 9.17) is 5.11 Å². The molecule has 0 saturated carbocycles. The van der Waals surface area contributed by atoms with E-state index in [2.05, 4.69) is 0 Å². The van der Waals surface area contributed by atoms with Crippen molar-refractivity contribution in [2.24, 2.45) is 0 Å². The summed E-state index contributed by atoms with van der Waals surface area (Å²) in [5.41, 5.74) is 0. The van der Waals surface area contributed by atoms with Crippen molar-refractivity contribution in [1.29, 1.82) is 0 Å². The lowest BCUT2D eigenvalue weighted by atomic mass is 10.3. The molecule has 1 atom stereocenters. The average molecular weight is 245 g/mol. The smallest absolute Gasteiger partial charge is 0.471 e. The van der Waals surface area contributed by atoms with Gasteiger partial charge in [-0.1, -0.05) is 6.92 Å². The molecule has 0 unspecified atom stereocenters. The summed E-state index contributed by atoms with van der Waals surface area (Å²) in [6.45, 7) is 1.73. The number of aliphatic carboxylic acids is 1. The Kier molecular flexibility index (Phi) is 5.48. The lowest BCUT2D eigenvalue weighted by Crippen LogP contribution is -2.48. The van der Waals surface area contributed by atoms with Crippen LogP contribution in [0.2, 0.25) is 0 Å². The third-order valence-electron chi connectivity index (χ3n) is 1.35. The zero-order chi connectivity index (χ0) is 12.1. The number of amides is 1. The van der Waals surface area contributed by atoms with Crippen molar-refractivity contribution in [3.05, 3.63) is 0 Å². The van der Waals surface area contributed by atoms with Crippen LogP contribution in [0.4, 0.5) is 13.2 Å². The first kappa shape index (κ1) is 14.1. The Morgan fingerprint density at radius 3 is 2.33 bits per heavy atom. The van der Waals surface area contributed by atoms with Crippen molar-refractivity contribution in [3.63, 3.8) is 0 Å². The van der Waals surface area contributed by atoms with Crippen LogP contribution in [0.15, 0.2) is 0 Å². The predicted molar refractivity (Wildman–Crippen MR) is 48.6 cm³/mol. The Morgan fingerprint density at radius 1 is 1.47 bits per heavy atom. The Labute approximate surface area is 88.2 Å². The van der Waals surface area contributed by atoms with E-state index < -0.39 is 24.1 Å². The molecule has 0 rings (SSSR count). The van der Waals surface area contributed by atoms with Crippen molar-refractivity contribution in [1.82, 2.24) is 5.32 Å². The molecule has 0 fully saturated rings. The lowest BCUT2D eigenvalue weighted by Gasteiger charge is -2.14. The second-order valence-corrected chi connectivity index (χ2v) is 3.84. The van der Waals surface area contributed by atoms with Gasteiger partial charge in [0.1, 0.15) is 6.04 Å². The Hall–Kier alpha value is -0.920. The molecular weight excluding hydrogens is 235 g/mol. The quantitative estimate of drug-likeness (QED) is 0.754. The lowest BCUT2D eigenvalue weighted by molar-refractivity contribution is -0.175. The molecule has 15 heavy (non-hydrogen) atoms. The minimum absolute atomic E-state index is 0.0896. The Morgan fingerprint density at radius 2 is 2.00 bits per heavy atom. The van der Waals surface area contributed by atoms with Crippen LogP contribution in [-0.4, -0.2) is 40.7 Å². The number of hydrogen-bond donors (Lipinski definition) is 2. The van der Waals surface area contributed by atoms with E-state index in [1.165, 1.54) is 5.32 Å². The van der Waals surface area contributed by atoms with Crippen LogP contribution in [0, 0.1) is 0 Å². The van der Waals surface area contributed by atoms with Crippen LogP contribution < -0.4 is 5.32 Å². The number of rotatable bonds is 5. The van der Waals surface area contributed by atoms with Gasteiger partial charge in [-0.05, 0) is 5.75 Å². The van der Waals surface area contributed by atoms with Crippen molar-refractivity contribution in [2.45, 2.75) is 19.1 Å². The second kappa shape index (κ2) is 5.84. The fourth-order valence-corrected chi connectivity index (χ4v) is 1.35. The Balaban J connectivity index is 4.29. The summed E-state index contributed by atoms with van der Waals surface area (Å²) in [5.74, 6) is -3.24. The van der Waals surface area contributed by atoms with Crippen LogP contribution in [-0.2, 0) is 9.59 Å². The van der Waals surface area contributed by atoms with Gasteiger partial charge in [0.25, 0.3) is 0 Å². The van der Waals surface area contributed by atoms with E-state index >= 15 is 0 Å². The topological polar surface area (TPSA) is 66.4 Å². The number of hydrogen-bond acceptors (Lipinski definition) is 3. The fraction of sp³-hybridized carbons (Fsp3) is 0.714. The van der Waals surface area contributed by atoms with Gasteiger partial charge in [0.2, 0.25) is 0 Å². The number of carboxylic acid groups (broad SMARTS) is 1. The van der Waals surface area contributed by atoms with E-state index in [1.807, 2.05) is 0 Å². The molecule has 1 amide bonds. The van der Waals surface area contributed by atoms with Gasteiger partial charge in [0, 0.05) is 5.75 Å². The zero-order valence-electron chi connectivity index (χ0n) is 7.80. The first-order chi connectivity index (χ1) is 6.79. The van der Waals surface area contributed by atoms with Crippen LogP contribution in [0.25, 0.3) is 0 Å². The Bertz CT molecular complexity index is 244. The summed E-state index contributed by atoms with van der Waals surface area (Å²) in [5, 5.41) is 9.93. The maximum absolute atomic E-state index is 11.8. The van der Waals surface area contributed by atoms with Gasteiger partial charge >= 0.3 is 18.1 Å². The van der Waals surface area contributed by atoms with E-state index in [-0.39, 0.29) is 5.75 Å². The first-order valence-corrected chi connectivity index (χ1v) is 5.12. The highest BCUT2D eigenvalue weighted by Gasteiger charge is 2.40. The molecule has 4 nitrogen and oxygen atoms in total. The number of nitrogens with one attached hydrogen (secondary N) is 1. The van der Waals surface area contributed by atoms with Crippen molar-refractivity contribution in [3.8, 4) is 0 Å². The van der Waals surface area contributed by atoms with Crippen LogP contribution in [0.3, 0.4) is 0 Å². The normalized spacial score (nSPS) is 13.3. The number of halogens is 3. The van der Waals surface area contributed by atoms with Gasteiger partial charge in [-0.25, -0.2) is 4.79 Å². The van der Waals surface area contributed by atoms with E-state index in [1.54, 1.807) is 6.92 Å². The molecule has 0 radical (unpaired) electrons. The molecule has 0 bridgehead atoms. The van der Waals surface area contributed by atoms with Crippen LogP contribution in [0.5, 0.6) is 0 Å². The molecule has 8 heteroatoms. The number of carbonyl (C=O) groups excluding carboxylic acids is 1. The molecular formula is C7H10F3NO3S. The van der Waals surface area contributed by atoms with Gasteiger partial charge in [-0.3, -0.25) is 4.79 Å². The molecule has 88 valence electrons. The van der Waals surface area contributed by atoms with E-state index in [9.17, 15) is 22.8 Å². The van der Waals surface area contributed by atoms with E-state index in [0.717, 1.165) is 11.8 Å². The fourth-order valence-electron chi connectivity index (χ4n) is 0.650. The van der Waals surface area contributed by atoms with Gasteiger partial charge in [0.15, 0.2) is 0 Å². The number of carboxylic acids is 1. The van der Waals surface area contributed by atoms with Gasteiger partial charge in [0.05, 0.1) is 0 Å². The molecule has 0 aliphatic carbocycles. The summed E-state index contributed by atoms with van der Waals surface area (Å²) >= 11 is 1.13. The summed E-state index contributed by atoms with van der Waals surface area (Å²) in [6, 6.07) is -1.51. The van der Waals surface area contributed by atoms with Gasteiger partial charge < -0.3 is 10.4 Å². The average Bonchev–Trinajstić information content (AvgIpc) is 2.09. The largest absolute Gasteiger partial charge is 0.480 e. The summed E-state index contributed by atoms with van der Waals surface area (Å²) in [6.07, 6.45) is -5.05. The summed E-state index contributed by atoms with van der Waals surface area (Å²) in [4.78, 5) is 20.9. The number of carbonyl (C=O) groups is 2. The SMILES string of the molecule is CCSC[C@H](NC(=O)C(F)(F)F)C(=O)O. The standard InChI is InChI=1S/C7H10F3NO3S/c1-2-15-3-4(5(12)13)11-6(14)7(8,9)10/h4H,2-3H2,1H3,(H,11,14)(H,12,13)/t4-/m0/s1. The number of thioether (sulfide) groups is 1. The summed E-state index contributed by atoms with van der Waals surface area (Å²) < 4.78 is 35.3. The van der Waals surface area contributed by atoms with Crippen molar-refractivity contribution in [2.75, 3.05) is 11.5 Å². The van der Waals surface area contributed by atoms with Gasteiger partial charge in [-0.2, -0.15) is 24.9 Å². The number of alkyl halides is 3. The molecule has 0 aromatic carbocycles. The van der Waals surface area contributed by atoms with Crippen molar-refractivity contribution < 1.29 is 27.9 Å². The first-order valence-electron chi connectivity index (χ1n) is 3.97. The minimum atomic E-state index is -5.05. The highest BCUT2D eigenvalue weighted by molar-refractivity contribution is 7.99. The van der Waals surface area contributed by atoms with Gasteiger partial charge in [-0.15, -0.1) is 0 Å². The highest BCUT2D eigenvalue weighted by Crippen LogP contribution is 2.15. The van der Waals surface area contributed by atoms with Crippen molar-refractivity contribution >= 4 is 23.6 Å². The maximum atomic E-state index is 11.8. The predicted octanol–water partition coefficient (Wildman–Crippen LogP) is 0.871. The highest BCUT2D eigenvalue weighted by atomic mass is 32.2. The molecule has 0 saturated heterocycles. The maximum Gasteiger partial charge on any atom is 0.471 e. The summed E-state index contributed by atoms with van der Waals surface area (Å²) in [7, 11) is 0. The molecule has 0 spiro atoms. The molecule has 0 heterocycles. The molecule has 0 aliphatic heterocycles. The third-order valence-corrected chi connectivity index (χ3v) is 2.33. The molecule has 2 N–H and O–H groups in total. The monoisotopic (exact) mass is 245 g/mol. The zero-order valence-corrected chi connectivity index (χ0v) is 8.61. The molecule has 0 aromatic heterocycles. The second-order valence-electron chi connectivity index (χ2n) is 2.52. The molecule has 0 aliphatic rings. The third kappa shape index (κ3) is 5.50.